The van der Waals surface area contributed by atoms with Crippen molar-refractivity contribution in [2.75, 3.05) is 39.4 Å². The second-order valence-corrected chi connectivity index (χ2v) is 12.1. The molecule has 0 radical (unpaired) electrons. The number of morpholine rings is 1. The number of hydrogen-bond acceptors (Lipinski definition) is 5. The average Bonchev–Trinajstić information content (AvgIpc) is 3.22. The minimum atomic E-state index is -3.54. The molecule has 2 aromatic carbocycles. The van der Waals surface area contributed by atoms with E-state index in [1.165, 1.54) is 15.4 Å². The lowest BCUT2D eigenvalue weighted by Crippen LogP contribution is -2.41. The zero-order valence-corrected chi connectivity index (χ0v) is 22.7. The number of aromatic nitrogens is 1. The maximum Gasteiger partial charge on any atom is 0.243 e. The fourth-order valence-electron chi connectivity index (χ4n) is 5.52. The molecule has 0 atom stereocenters. The molecule has 0 amide bonds. The number of hydrogen-bond donors (Lipinski definition) is 1. The molecule has 1 aromatic heterocycles. The Balaban J connectivity index is 1.22. The van der Waals surface area contributed by atoms with Gasteiger partial charge in [0.1, 0.15) is 0 Å². The normalized spacial score (nSPS) is 18.3. The van der Waals surface area contributed by atoms with Crippen molar-refractivity contribution in [1.82, 2.24) is 19.1 Å². The van der Waals surface area contributed by atoms with E-state index in [2.05, 4.69) is 65.0 Å². The Bertz CT molecular complexity index is 1290. The molecule has 3 heterocycles. The van der Waals surface area contributed by atoms with E-state index in [4.69, 9.17) is 4.74 Å². The van der Waals surface area contributed by atoms with Crippen molar-refractivity contribution in [1.29, 1.82) is 0 Å². The lowest BCUT2D eigenvalue weighted by molar-refractivity contribution is 0.0730. The molecule has 1 N–H and O–H groups in total. The highest BCUT2D eigenvalue weighted by Crippen LogP contribution is 2.25. The van der Waals surface area contributed by atoms with Crippen LogP contribution in [0.15, 0.2) is 65.6 Å². The summed E-state index contributed by atoms with van der Waals surface area (Å²) in [5, 5.41) is 3.78. The highest BCUT2D eigenvalue weighted by molar-refractivity contribution is 7.89. The predicted octanol–water partition coefficient (Wildman–Crippen LogP) is 3.87. The van der Waals surface area contributed by atoms with Crippen LogP contribution in [0.2, 0.25) is 0 Å². The Morgan fingerprint density at radius 2 is 1.65 bits per heavy atom. The van der Waals surface area contributed by atoms with Gasteiger partial charge in [0.25, 0.3) is 0 Å². The molecule has 0 saturated carbocycles. The highest BCUT2D eigenvalue weighted by Gasteiger charge is 2.27. The van der Waals surface area contributed by atoms with Gasteiger partial charge in [0.05, 0.1) is 18.1 Å². The molecule has 2 aliphatic heterocycles. The molecular weight excluding hydrogens is 484 g/mol. The van der Waals surface area contributed by atoms with Crippen LogP contribution < -0.4 is 5.32 Å². The van der Waals surface area contributed by atoms with E-state index in [9.17, 15) is 8.42 Å². The van der Waals surface area contributed by atoms with Crippen LogP contribution >= 0.6 is 0 Å². The van der Waals surface area contributed by atoms with Crippen LogP contribution in [-0.4, -0.2) is 67.6 Å². The predicted molar refractivity (Wildman–Crippen MR) is 146 cm³/mol. The molecule has 5 rings (SSSR count). The molecule has 0 unspecified atom stereocenters. The van der Waals surface area contributed by atoms with Crippen LogP contribution in [0.4, 0.5) is 0 Å². The first-order valence-corrected chi connectivity index (χ1v) is 14.7. The highest BCUT2D eigenvalue weighted by atomic mass is 32.2. The number of sulfonamides is 1. The van der Waals surface area contributed by atoms with Crippen molar-refractivity contribution < 1.29 is 13.2 Å². The number of nitrogens with one attached hydrogen (secondary N) is 1. The fraction of sp³-hybridized carbons (Fsp3) is 0.448. The lowest BCUT2D eigenvalue weighted by Gasteiger charge is -2.32. The molecule has 7 nitrogen and oxygen atoms in total. The minimum Gasteiger partial charge on any atom is -0.379 e. The van der Waals surface area contributed by atoms with Crippen LogP contribution in [0.5, 0.6) is 0 Å². The quantitative estimate of drug-likeness (QED) is 0.487. The summed E-state index contributed by atoms with van der Waals surface area (Å²) in [4.78, 5) is 2.87. The molecule has 0 aliphatic carbocycles. The second kappa shape index (κ2) is 11.5. The topological polar surface area (TPSA) is 66.8 Å². The molecule has 3 aromatic rings. The number of likely N-dealkylation sites (tertiary alicyclic amines) is 1. The van der Waals surface area contributed by atoms with Crippen LogP contribution in [-0.2, 0) is 27.8 Å². The third-order valence-electron chi connectivity index (χ3n) is 7.64. The first kappa shape index (κ1) is 26.1. The van der Waals surface area contributed by atoms with E-state index in [0.29, 0.717) is 37.2 Å². The maximum absolute atomic E-state index is 13.2. The largest absolute Gasteiger partial charge is 0.379 e. The monoisotopic (exact) mass is 522 g/mol. The first-order chi connectivity index (χ1) is 17.9. The zero-order valence-electron chi connectivity index (χ0n) is 21.9. The summed E-state index contributed by atoms with van der Waals surface area (Å²) in [5.41, 5.74) is 5.76. The smallest absolute Gasteiger partial charge is 0.243 e. The fourth-order valence-corrected chi connectivity index (χ4v) is 6.96. The minimum absolute atomic E-state index is 0.335. The molecule has 2 aliphatic rings. The Morgan fingerprint density at radius 3 is 2.38 bits per heavy atom. The van der Waals surface area contributed by atoms with E-state index in [-0.39, 0.29) is 0 Å². The number of aryl methyl sites for hydroxylation is 1. The molecule has 0 spiro atoms. The van der Waals surface area contributed by atoms with Crippen molar-refractivity contribution in [2.45, 2.75) is 50.7 Å². The van der Waals surface area contributed by atoms with Gasteiger partial charge in [-0.05, 0) is 75.2 Å². The van der Waals surface area contributed by atoms with Gasteiger partial charge < -0.3 is 14.6 Å². The van der Waals surface area contributed by atoms with Crippen molar-refractivity contribution in [3.05, 3.63) is 83.2 Å². The van der Waals surface area contributed by atoms with Gasteiger partial charge in [-0.2, -0.15) is 4.31 Å². The molecule has 2 saturated heterocycles. The summed E-state index contributed by atoms with van der Waals surface area (Å²) >= 11 is 0. The van der Waals surface area contributed by atoms with Crippen LogP contribution in [0.1, 0.15) is 35.4 Å². The van der Waals surface area contributed by atoms with Gasteiger partial charge >= 0.3 is 0 Å². The molecular formula is C29H38N4O3S. The van der Waals surface area contributed by atoms with Crippen LogP contribution in [0.25, 0.3) is 5.69 Å². The number of nitrogens with zero attached hydrogens (tertiary/aromatic N) is 3. The molecule has 2 fully saturated rings. The van der Waals surface area contributed by atoms with Gasteiger partial charge in [-0.15, -0.1) is 0 Å². The molecule has 0 bridgehead atoms. The van der Waals surface area contributed by atoms with E-state index in [1.54, 1.807) is 12.1 Å². The van der Waals surface area contributed by atoms with Crippen LogP contribution in [0, 0.1) is 13.8 Å². The molecule has 8 heteroatoms. The molecule has 37 heavy (non-hydrogen) atoms. The summed E-state index contributed by atoms with van der Waals surface area (Å²) in [7, 11) is -3.54. The Morgan fingerprint density at radius 1 is 0.919 bits per heavy atom. The Kier molecular flexibility index (Phi) is 8.12. The average molecular weight is 523 g/mol. The summed E-state index contributed by atoms with van der Waals surface area (Å²) in [5.74, 6) is 0. The van der Waals surface area contributed by atoms with Crippen molar-refractivity contribution in [3.63, 3.8) is 0 Å². The number of ether oxygens (including phenoxy) is 1. The Labute approximate surface area is 221 Å². The lowest BCUT2D eigenvalue weighted by atomic mass is 10.0. The standard InChI is InChI=1S/C29H38N4O3S/c1-23-19-26(21-30-27-11-13-31(14-12-27)22-25-7-4-3-5-8-25)24(2)33(23)28-9-6-10-29(20-28)37(34,35)32-15-17-36-18-16-32/h3-10,19-20,27,30H,11-18,21-22H2,1-2H3. The maximum atomic E-state index is 13.2. The van der Waals surface area contributed by atoms with Crippen molar-refractivity contribution >= 4 is 10.0 Å². The van der Waals surface area contributed by atoms with Gasteiger partial charge in [-0.25, -0.2) is 8.42 Å². The van der Waals surface area contributed by atoms with E-state index < -0.39 is 10.0 Å². The first-order valence-electron chi connectivity index (χ1n) is 13.3. The van der Waals surface area contributed by atoms with E-state index in [0.717, 1.165) is 56.1 Å². The number of rotatable bonds is 8. The summed E-state index contributed by atoms with van der Waals surface area (Å²) in [6.07, 6.45) is 2.29. The van der Waals surface area contributed by atoms with Gasteiger partial charge in [0, 0.05) is 49.3 Å². The van der Waals surface area contributed by atoms with E-state index in [1.807, 2.05) is 12.1 Å². The van der Waals surface area contributed by atoms with Crippen LogP contribution in [0.3, 0.4) is 0 Å². The van der Waals surface area contributed by atoms with Gasteiger partial charge in [0.15, 0.2) is 0 Å². The molecule has 198 valence electrons. The van der Waals surface area contributed by atoms with E-state index >= 15 is 0 Å². The third kappa shape index (κ3) is 5.99. The number of piperidine rings is 1. The zero-order chi connectivity index (χ0) is 25.8. The summed E-state index contributed by atoms with van der Waals surface area (Å²) in [6.45, 7) is 9.94. The Hall–Kier alpha value is -2.49. The summed E-state index contributed by atoms with van der Waals surface area (Å²) < 4.78 is 35.4. The SMILES string of the molecule is Cc1cc(CNC2CCN(Cc3ccccc3)CC2)c(C)n1-c1cccc(S(=O)(=O)N2CCOCC2)c1. The van der Waals surface area contributed by atoms with Gasteiger partial charge in [-0.3, -0.25) is 4.90 Å². The third-order valence-corrected chi connectivity index (χ3v) is 9.53. The van der Waals surface area contributed by atoms with Crippen molar-refractivity contribution in [3.8, 4) is 5.69 Å². The summed E-state index contributed by atoms with van der Waals surface area (Å²) in [6, 6.07) is 20.7. The van der Waals surface area contributed by atoms with Gasteiger partial charge in [0.2, 0.25) is 10.0 Å². The second-order valence-electron chi connectivity index (χ2n) is 10.2. The number of benzene rings is 2. The van der Waals surface area contributed by atoms with Gasteiger partial charge in [-0.1, -0.05) is 36.4 Å². The van der Waals surface area contributed by atoms with Crippen molar-refractivity contribution in [2.24, 2.45) is 0 Å².